The summed E-state index contributed by atoms with van der Waals surface area (Å²) in [7, 11) is 0. The third-order valence-electron chi connectivity index (χ3n) is 6.41. The van der Waals surface area contributed by atoms with Crippen LogP contribution in [-0.2, 0) is 31.3 Å². The van der Waals surface area contributed by atoms with E-state index in [4.69, 9.17) is 10.2 Å². The molecule has 0 radical (unpaired) electrons. The zero-order valence-electron chi connectivity index (χ0n) is 25.2. The van der Waals surface area contributed by atoms with Gasteiger partial charge in [0.2, 0.25) is 0 Å². The van der Waals surface area contributed by atoms with E-state index >= 15 is 0 Å². The Morgan fingerprint density at radius 2 is 0.771 bits per heavy atom. The van der Waals surface area contributed by atoms with E-state index in [0.29, 0.717) is 0 Å². The molecule has 2 rings (SSSR count). The van der Waals surface area contributed by atoms with Crippen LogP contribution in [0.15, 0.2) is 33.4 Å². The van der Waals surface area contributed by atoms with Crippen LogP contribution in [0.1, 0.15) is 111 Å². The second-order valence-electron chi connectivity index (χ2n) is 12.4. The van der Waals surface area contributed by atoms with E-state index in [9.17, 15) is 9.59 Å². The SMILES string of the molecule is CC(C)(C)C(=O)O.CC(C)(C)C(=O)O.CC1=[C-]C(C)(C)C(C)=C1C.CC1=[C-]C(C)(C)C(C)=C1C.[Ti+2]. The van der Waals surface area contributed by atoms with Gasteiger partial charge in [-0.15, -0.1) is 13.8 Å². The molecule has 0 aromatic carbocycles. The maximum Gasteiger partial charge on any atom is 2.00 e. The maximum atomic E-state index is 10.0. The number of hydrogen-bond acceptors (Lipinski definition) is 2. The number of rotatable bonds is 0. The Morgan fingerprint density at radius 3 is 0.800 bits per heavy atom. The molecule has 0 saturated heterocycles. The van der Waals surface area contributed by atoms with Crippen LogP contribution in [0.5, 0.6) is 0 Å². The molecule has 2 aliphatic carbocycles. The molecule has 2 N–H and O–H groups in total. The number of carbonyl (C=O) groups is 2. The second-order valence-corrected chi connectivity index (χ2v) is 12.4. The molecule has 198 valence electrons. The molecule has 4 nitrogen and oxygen atoms in total. The zero-order chi connectivity index (χ0) is 28.0. The van der Waals surface area contributed by atoms with Crippen LogP contribution in [0, 0.1) is 33.8 Å². The summed E-state index contributed by atoms with van der Waals surface area (Å²) in [4.78, 5) is 20.0. The van der Waals surface area contributed by atoms with Gasteiger partial charge in [-0.1, -0.05) is 66.2 Å². The average molecular weight is 523 g/mol. The molecule has 0 atom stereocenters. The number of carboxylic acids is 2. The summed E-state index contributed by atoms with van der Waals surface area (Å²) in [6.45, 7) is 31.8. The van der Waals surface area contributed by atoms with Crippen LogP contribution in [-0.4, -0.2) is 22.2 Å². The van der Waals surface area contributed by atoms with Gasteiger partial charge in [0, 0.05) is 0 Å². The summed E-state index contributed by atoms with van der Waals surface area (Å²) in [5, 5.41) is 16.5. The van der Waals surface area contributed by atoms with Crippen molar-refractivity contribution in [2.75, 3.05) is 0 Å². The molecular formula is C30H50O4Ti. The minimum atomic E-state index is -0.757. The predicted molar refractivity (Wildman–Crippen MR) is 143 cm³/mol. The van der Waals surface area contributed by atoms with Gasteiger partial charge in [-0.2, -0.15) is 22.3 Å². The first-order valence-electron chi connectivity index (χ1n) is 11.9. The van der Waals surface area contributed by atoms with E-state index < -0.39 is 22.8 Å². The van der Waals surface area contributed by atoms with Crippen molar-refractivity contribution in [2.24, 2.45) is 21.7 Å². The Bertz CT molecular complexity index is 806. The first-order chi connectivity index (χ1) is 14.8. The van der Waals surface area contributed by atoms with E-state index in [0.717, 1.165) is 0 Å². The van der Waals surface area contributed by atoms with E-state index in [1.807, 2.05) is 0 Å². The molecule has 5 heteroatoms. The van der Waals surface area contributed by atoms with Gasteiger partial charge in [-0.05, 0) is 41.5 Å². The van der Waals surface area contributed by atoms with Crippen molar-refractivity contribution in [1.29, 1.82) is 0 Å². The number of allylic oxidation sites excluding steroid dienone is 8. The van der Waals surface area contributed by atoms with Gasteiger partial charge in [0.15, 0.2) is 0 Å². The molecule has 0 spiro atoms. The number of hydrogen-bond donors (Lipinski definition) is 2. The largest absolute Gasteiger partial charge is 2.00 e. The molecule has 2 aliphatic rings. The Hall–Kier alpha value is -1.39. The van der Waals surface area contributed by atoms with Crippen LogP contribution in [0.25, 0.3) is 0 Å². The van der Waals surface area contributed by atoms with Crippen molar-refractivity contribution in [3.8, 4) is 0 Å². The minimum Gasteiger partial charge on any atom is -0.481 e. The van der Waals surface area contributed by atoms with E-state index in [-0.39, 0.29) is 32.5 Å². The van der Waals surface area contributed by atoms with Crippen LogP contribution in [0.2, 0.25) is 0 Å². The quantitative estimate of drug-likeness (QED) is 0.247. The van der Waals surface area contributed by atoms with E-state index in [1.165, 1.54) is 33.4 Å². The van der Waals surface area contributed by atoms with Gasteiger partial charge in [-0.25, -0.2) is 11.1 Å². The summed E-state index contributed by atoms with van der Waals surface area (Å²) < 4.78 is 0. The molecular weight excluding hydrogens is 472 g/mol. The molecule has 0 unspecified atom stereocenters. The summed E-state index contributed by atoms with van der Waals surface area (Å²) in [6, 6.07) is 0. The summed E-state index contributed by atoms with van der Waals surface area (Å²) in [5.41, 5.74) is 7.62. The fraction of sp³-hybridized carbons (Fsp3) is 0.667. The number of aliphatic carboxylic acids is 2. The third kappa shape index (κ3) is 12.9. The van der Waals surface area contributed by atoms with Gasteiger partial charge in [0.05, 0.1) is 10.8 Å². The number of carboxylic acid groups (broad SMARTS) is 2. The van der Waals surface area contributed by atoms with Gasteiger partial charge in [-0.3, -0.25) is 21.7 Å². The Labute approximate surface area is 230 Å². The van der Waals surface area contributed by atoms with Crippen molar-refractivity contribution < 1.29 is 41.5 Å². The molecule has 0 bridgehead atoms. The Kier molecular flexibility index (Phi) is 15.0. The van der Waals surface area contributed by atoms with Crippen molar-refractivity contribution in [2.45, 2.75) is 111 Å². The van der Waals surface area contributed by atoms with Crippen molar-refractivity contribution in [3.05, 3.63) is 45.6 Å². The molecule has 0 aromatic heterocycles. The monoisotopic (exact) mass is 522 g/mol. The standard InChI is InChI=1S/2C10H15.2C5H10O2.Ti/c2*1-7-6-10(4,5)9(3)8(7)2;2*1-5(2,3)4(6)7;/h2*1-5H3;2*1-3H3,(H,6,7);/q2*-1;;;+2. The van der Waals surface area contributed by atoms with Gasteiger partial charge >= 0.3 is 33.7 Å². The maximum absolute atomic E-state index is 10.0. The fourth-order valence-electron chi connectivity index (χ4n) is 2.81. The molecule has 0 aliphatic heterocycles. The minimum absolute atomic E-state index is 0. The van der Waals surface area contributed by atoms with Crippen LogP contribution in [0.3, 0.4) is 0 Å². The van der Waals surface area contributed by atoms with Crippen LogP contribution < -0.4 is 0 Å². The molecule has 0 saturated carbocycles. The van der Waals surface area contributed by atoms with Crippen LogP contribution in [0.4, 0.5) is 0 Å². The first-order valence-corrected chi connectivity index (χ1v) is 11.9. The first kappa shape index (κ1) is 38.1. The molecule has 0 amide bonds. The summed E-state index contributed by atoms with van der Waals surface area (Å²) >= 11 is 0. The normalized spacial score (nSPS) is 17.9. The average Bonchev–Trinajstić information content (AvgIpc) is 2.92. The van der Waals surface area contributed by atoms with Crippen molar-refractivity contribution in [1.82, 2.24) is 0 Å². The second kappa shape index (κ2) is 13.8. The van der Waals surface area contributed by atoms with Gasteiger partial charge in [0.25, 0.3) is 0 Å². The van der Waals surface area contributed by atoms with Crippen molar-refractivity contribution in [3.63, 3.8) is 0 Å². The van der Waals surface area contributed by atoms with Gasteiger partial charge in [0.1, 0.15) is 0 Å². The molecule has 0 aromatic rings. The van der Waals surface area contributed by atoms with E-state index in [1.54, 1.807) is 41.5 Å². The van der Waals surface area contributed by atoms with Gasteiger partial charge < -0.3 is 10.2 Å². The molecule has 0 heterocycles. The molecule has 0 fully saturated rings. The zero-order valence-corrected chi connectivity index (χ0v) is 26.8. The van der Waals surface area contributed by atoms with E-state index in [2.05, 4.69) is 81.4 Å². The third-order valence-corrected chi connectivity index (χ3v) is 6.41. The smallest absolute Gasteiger partial charge is 0.481 e. The summed E-state index contributed by atoms with van der Waals surface area (Å²) in [6.07, 6.45) is 6.87. The summed E-state index contributed by atoms with van der Waals surface area (Å²) in [5.74, 6) is -1.51. The predicted octanol–water partition coefficient (Wildman–Crippen LogP) is 8.46. The van der Waals surface area contributed by atoms with Crippen LogP contribution >= 0.6 is 0 Å². The Balaban J connectivity index is -0.000000393. The molecule has 35 heavy (non-hydrogen) atoms. The Morgan fingerprint density at radius 1 is 0.600 bits per heavy atom. The fourth-order valence-corrected chi connectivity index (χ4v) is 2.81. The topological polar surface area (TPSA) is 74.6 Å². The van der Waals surface area contributed by atoms with Crippen molar-refractivity contribution >= 4 is 11.9 Å².